The van der Waals surface area contributed by atoms with Gasteiger partial charge in [0.1, 0.15) is 0 Å². The van der Waals surface area contributed by atoms with Crippen molar-refractivity contribution in [1.82, 2.24) is 0 Å². The molecular weight excluding hydrogens is 289 g/mol. The lowest BCUT2D eigenvalue weighted by Gasteiger charge is -2.07. The number of hydrogen-bond donors (Lipinski definition) is 0. The SMILES string of the molecule is COC(=O)Cc1ccc2ccc(SC(F)(F)F)cc2c1. The van der Waals surface area contributed by atoms with E-state index < -0.39 is 5.51 Å². The van der Waals surface area contributed by atoms with Gasteiger partial charge in [0.25, 0.3) is 0 Å². The number of rotatable bonds is 3. The topological polar surface area (TPSA) is 26.3 Å². The summed E-state index contributed by atoms with van der Waals surface area (Å²) in [6, 6.07) is 9.76. The molecular formula is C14H11F3O2S. The number of carbonyl (C=O) groups is 1. The summed E-state index contributed by atoms with van der Waals surface area (Å²) in [7, 11) is 1.29. The highest BCUT2D eigenvalue weighted by Crippen LogP contribution is 2.37. The molecule has 0 aliphatic heterocycles. The molecule has 2 aromatic carbocycles. The first-order valence-electron chi connectivity index (χ1n) is 5.72. The zero-order valence-corrected chi connectivity index (χ0v) is 11.3. The lowest BCUT2D eigenvalue weighted by molar-refractivity contribution is -0.139. The molecule has 6 heteroatoms. The molecule has 0 N–H and O–H groups in total. The van der Waals surface area contributed by atoms with Gasteiger partial charge in [0, 0.05) is 4.90 Å². The van der Waals surface area contributed by atoms with Crippen molar-refractivity contribution in [1.29, 1.82) is 0 Å². The minimum atomic E-state index is -4.31. The van der Waals surface area contributed by atoms with Gasteiger partial charge in [0.2, 0.25) is 0 Å². The molecule has 0 saturated heterocycles. The van der Waals surface area contributed by atoms with Crippen LogP contribution in [0.15, 0.2) is 41.3 Å². The van der Waals surface area contributed by atoms with E-state index in [4.69, 9.17) is 0 Å². The Morgan fingerprint density at radius 2 is 1.85 bits per heavy atom. The van der Waals surface area contributed by atoms with Gasteiger partial charge in [-0.25, -0.2) is 0 Å². The Bertz CT molecular complexity index is 638. The maximum Gasteiger partial charge on any atom is 0.446 e. The summed E-state index contributed by atoms with van der Waals surface area (Å²) >= 11 is -0.152. The molecule has 2 rings (SSSR count). The molecule has 0 amide bonds. The number of fused-ring (bicyclic) bond motifs is 1. The quantitative estimate of drug-likeness (QED) is 0.628. The van der Waals surface area contributed by atoms with Crippen LogP contribution in [-0.2, 0) is 16.0 Å². The molecule has 0 bridgehead atoms. The number of benzene rings is 2. The Morgan fingerprint density at radius 1 is 1.15 bits per heavy atom. The number of esters is 1. The van der Waals surface area contributed by atoms with Crippen LogP contribution < -0.4 is 0 Å². The Morgan fingerprint density at radius 3 is 2.50 bits per heavy atom. The highest BCUT2D eigenvalue weighted by atomic mass is 32.2. The molecule has 0 aliphatic carbocycles. The van der Waals surface area contributed by atoms with E-state index in [1.54, 1.807) is 24.3 Å². The maximum absolute atomic E-state index is 12.3. The van der Waals surface area contributed by atoms with E-state index in [0.29, 0.717) is 10.9 Å². The molecule has 2 nitrogen and oxygen atoms in total. The maximum atomic E-state index is 12.3. The smallest absolute Gasteiger partial charge is 0.446 e. The van der Waals surface area contributed by atoms with Crippen molar-refractivity contribution in [2.24, 2.45) is 0 Å². The molecule has 0 aliphatic rings. The van der Waals surface area contributed by atoms with Crippen LogP contribution in [0.25, 0.3) is 10.8 Å². The van der Waals surface area contributed by atoms with E-state index in [1.165, 1.54) is 19.2 Å². The third-order valence-corrected chi connectivity index (χ3v) is 3.41. The van der Waals surface area contributed by atoms with Crippen LogP contribution in [0.3, 0.4) is 0 Å². The predicted molar refractivity (Wildman–Crippen MR) is 71.6 cm³/mol. The fourth-order valence-corrected chi connectivity index (χ4v) is 2.41. The lowest BCUT2D eigenvalue weighted by atomic mass is 10.1. The monoisotopic (exact) mass is 300 g/mol. The van der Waals surface area contributed by atoms with Gasteiger partial charge in [0.15, 0.2) is 0 Å². The average Bonchev–Trinajstić information content (AvgIpc) is 2.36. The van der Waals surface area contributed by atoms with E-state index in [9.17, 15) is 18.0 Å². The van der Waals surface area contributed by atoms with Crippen molar-refractivity contribution in [3.63, 3.8) is 0 Å². The van der Waals surface area contributed by atoms with E-state index in [0.717, 1.165) is 5.39 Å². The van der Waals surface area contributed by atoms with Crippen LogP contribution in [0.5, 0.6) is 0 Å². The largest absolute Gasteiger partial charge is 0.469 e. The molecule has 0 unspecified atom stereocenters. The minimum absolute atomic E-state index is 0.100. The van der Waals surface area contributed by atoms with Crippen molar-refractivity contribution in [2.45, 2.75) is 16.8 Å². The summed E-state index contributed by atoms with van der Waals surface area (Å²) in [5.41, 5.74) is -3.60. The second-order valence-corrected chi connectivity index (χ2v) is 5.28. The molecule has 0 fully saturated rings. The zero-order valence-electron chi connectivity index (χ0n) is 10.5. The molecule has 0 atom stereocenters. The molecule has 20 heavy (non-hydrogen) atoms. The Labute approximate surface area is 117 Å². The lowest BCUT2D eigenvalue weighted by Crippen LogP contribution is -2.04. The number of thioether (sulfide) groups is 1. The summed E-state index contributed by atoms with van der Waals surface area (Å²) < 4.78 is 41.6. The first-order chi connectivity index (χ1) is 9.37. The standard InChI is InChI=1S/C14H11F3O2S/c1-19-13(18)7-9-2-3-10-4-5-12(8-11(10)6-9)20-14(15,16)17/h2-6,8H,7H2,1H3. The van der Waals surface area contributed by atoms with Crippen LogP contribution in [0.4, 0.5) is 13.2 Å². The molecule has 0 heterocycles. The molecule has 0 aromatic heterocycles. The highest BCUT2D eigenvalue weighted by Gasteiger charge is 2.29. The van der Waals surface area contributed by atoms with Crippen LogP contribution in [0.2, 0.25) is 0 Å². The molecule has 106 valence electrons. The first kappa shape index (κ1) is 14.7. The fraction of sp³-hybridized carbons (Fsp3) is 0.214. The number of ether oxygens (including phenoxy) is 1. The number of hydrogen-bond acceptors (Lipinski definition) is 3. The number of halogens is 3. The second-order valence-electron chi connectivity index (χ2n) is 4.14. The van der Waals surface area contributed by atoms with E-state index in [1.807, 2.05) is 0 Å². The molecule has 0 spiro atoms. The summed E-state index contributed by atoms with van der Waals surface area (Å²) in [5.74, 6) is -0.384. The zero-order chi connectivity index (χ0) is 14.8. The average molecular weight is 300 g/mol. The van der Waals surface area contributed by atoms with E-state index in [2.05, 4.69) is 4.74 Å². The van der Waals surface area contributed by atoms with Crippen molar-refractivity contribution in [2.75, 3.05) is 7.11 Å². The van der Waals surface area contributed by atoms with Crippen LogP contribution in [0.1, 0.15) is 5.56 Å². The Hall–Kier alpha value is -1.69. The van der Waals surface area contributed by atoms with Gasteiger partial charge in [-0.1, -0.05) is 24.3 Å². The Balaban J connectivity index is 2.32. The Kier molecular flexibility index (Phi) is 4.23. The highest BCUT2D eigenvalue weighted by molar-refractivity contribution is 8.00. The van der Waals surface area contributed by atoms with E-state index >= 15 is 0 Å². The molecule has 0 saturated carbocycles. The third-order valence-electron chi connectivity index (χ3n) is 2.69. The van der Waals surface area contributed by atoms with Gasteiger partial charge in [0.05, 0.1) is 13.5 Å². The second kappa shape index (κ2) is 5.75. The minimum Gasteiger partial charge on any atom is -0.469 e. The van der Waals surface area contributed by atoms with Gasteiger partial charge < -0.3 is 4.74 Å². The van der Waals surface area contributed by atoms with Crippen molar-refractivity contribution >= 4 is 28.5 Å². The van der Waals surface area contributed by atoms with E-state index in [-0.39, 0.29) is 29.0 Å². The summed E-state index contributed by atoms with van der Waals surface area (Å²) in [6.07, 6.45) is 0.100. The molecule has 2 aromatic rings. The van der Waals surface area contributed by atoms with Crippen LogP contribution in [0, 0.1) is 0 Å². The van der Waals surface area contributed by atoms with Gasteiger partial charge in [-0.2, -0.15) is 13.2 Å². The third kappa shape index (κ3) is 3.90. The van der Waals surface area contributed by atoms with Crippen molar-refractivity contribution in [3.05, 3.63) is 42.0 Å². The normalized spacial score (nSPS) is 11.6. The van der Waals surface area contributed by atoms with Crippen LogP contribution >= 0.6 is 11.8 Å². The van der Waals surface area contributed by atoms with Gasteiger partial charge in [-0.15, -0.1) is 0 Å². The number of carbonyl (C=O) groups excluding carboxylic acids is 1. The summed E-state index contributed by atoms with van der Waals surface area (Å²) in [4.78, 5) is 11.3. The van der Waals surface area contributed by atoms with Gasteiger partial charge >= 0.3 is 11.5 Å². The molecule has 0 radical (unpaired) electrons. The summed E-state index contributed by atoms with van der Waals surface area (Å²) in [6.45, 7) is 0. The predicted octanol–water partition coefficient (Wildman–Crippen LogP) is 4.17. The number of alkyl halides is 3. The van der Waals surface area contributed by atoms with Gasteiger partial charge in [-0.05, 0) is 40.2 Å². The first-order valence-corrected chi connectivity index (χ1v) is 6.54. The van der Waals surface area contributed by atoms with Gasteiger partial charge in [-0.3, -0.25) is 4.79 Å². The van der Waals surface area contributed by atoms with Crippen molar-refractivity contribution < 1.29 is 22.7 Å². The van der Waals surface area contributed by atoms with Crippen molar-refractivity contribution in [3.8, 4) is 0 Å². The summed E-state index contributed by atoms with van der Waals surface area (Å²) in [5, 5.41) is 1.49. The fourth-order valence-electron chi connectivity index (χ4n) is 1.82. The number of methoxy groups -OCH3 is 1. The van der Waals surface area contributed by atoms with Crippen LogP contribution in [-0.4, -0.2) is 18.6 Å².